The van der Waals surface area contributed by atoms with E-state index in [4.69, 9.17) is 0 Å². The summed E-state index contributed by atoms with van der Waals surface area (Å²) in [7, 11) is 2.08. The molecule has 1 atom stereocenters. The first kappa shape index (κ1) is 17.9. The fourth-order valence-corrected chi connectivity index (χ4v) is 2.35. The molecule has 0 saturated carbocycles. The van der Waals surface area contributed by atoms with Crippen molar-refractivity contribution in [1.29, 1.82) is 0 Å². The number of hydrogen-bond acceptors (Lipinski definition) is 3. The highest BCUT2D eigenvalue weighted by atomic mass is 15.2. The molecule has 3 heteroatoms. The SMILES string of the molecule is CCN(CC)CCCN(CC)CC(NC)C(C)C. The highest BCUT2D eigenvalue weighted by Crippen LogP contribution is 2.04. The first-order valence-corrected chi connectivity index (χ1v) is 7.70. The van der Waals surface area contributed by atoms with E-state index < -0.39 is 0 Å². The second-order valence-electron chi connectivity index (χ2n) is 5.41. The van der Waals surface area contributed by atoms with E-state index in [0.717, 1.165) is 6.54 Å². The molecule has 18 heavy (non-hydrogen) atoms. The molecule has 0 saturated heterocycles. The van der Waals surface area contributed by atoms with Gasteiger partial charge in [0.1, 0.15) is 0 Å². The molecule has 0 aromatic heterocycles. The van der Waals surface area contributed by atoms with E-state index in [0.29, 0.717) is 12.0 Å². The highest BCUT2D eigenvalue weighted by Gasteiger charge is 2.14. The zero-order valence-corrected chi connectivity index (χ0v) is 13.5. The van der Waals surface area contributed by atoms with Crippen LogP contribution in [-0.4, -0.2) is 62.2 Å². The van der Waals surface area contributed by atoms with Crippen molar-refractivity contribution in [3.05, 3.63) is 0 Å². The van der Waals surface area contributed by atoms with Gasteiger partial charge in [-0.15, -0.1) is 0 Å². The fraction of sp³-hybridized carbons (Fsp3) is 1.00. The lowest BCUT2D eigenvalue weighted by Gasteiger charge is -2.29. The van der Waals surface area contributed by atoms with Gasteiger partial charge in [0.2, 0.25) is 0 Å². The van der Waals surface area contributed by atoms with Gasteiger partial charge in [-0.25, -0.2) is 0 Å². The van der Waals surface area contributed by atoms with Gasteiger partial charge in [0.05, 0.1) is 0 Å². The highest BCUT2D eigenvalue weighted by molar-refractivity contribution is 4.73. The predicted octanol–water partition coefficient (Wildman–Crippen LogP) is 2.28. The van der Waals surface area contributed by atoms with Crippen LogP contribution in [-0.2, 0) is 0 Å². The normalized spacial score (nSPS) is 13.8. The van der Waals surface area contributed by atoms with Crippen molar-refractivity contribution in [2.75, 3.05) is 46.3 Å². The molecular weight excluding hydrogens is 222 g/mol. The van der Waals surface area contributed by atoms with Crippen LogP contribution in [0.15, 0.2) is 0 Å². The van der Waals surface area contributed by atoms with E-state index in [1.807, 2.05) is 0 Å². The van der Waals surface area contributed by atoms with Crippen LogP contribution in [0.1, 0.15) is 41.0 Å². The third-order valence-corrected chi connectivity index (χ3v) is 3.92. The zero-order chi connectivity index (χ0) is 14.0. The molecule has 0 aliphatic carbocycles. The van der Waals surface area contributed by atoms with E-state index in [2.05, 4.69) is 56.8 Å². The number of rotatable bonds is 11. The maximum Gasteiger partial charge on any atom is 0.0214 e. The Hall–Kier alpha value is -0.120. The van der Waals surface area contributed by atoms with E-state index in [-0.39, 0.29) is 0 Å². The van der Waals surface area contributed by atoms with Crippen LogP contribution >= 0.6 is 0 Å². The molecule has 0 fully saturated rings. The van der Waals surface area contributed by atoms with Crippen molar-refractivity contribution in [3.8, 4) is 0 Å². The Morgan fingerprint density at radius 3 is 1.78 bits per heavy atom. The van der Waals surface area contributed by atoms with Gasteiger partial charge >= 0.3 is 0 Å². The molecule has 0 radical (unpaired) electrons. The molecule has 1 unspecified atom stereocenters. The summed E-state index contributed by atoms with van der Waals surface area (Å²) in [5, 5.41) is 3.44. The standard InChI is InChI=1S/C15H35N3/c1-7-17(8-2)11-10-12-18(9-3)13-15(16-6)14(4)5/h14-16H,7-13H2,1-6H3. The topological polar surface area (TPSA) is 18.5 Å². The molecule has 0 spiro atoms. The minimum Gasteiger partial charge on any atom is -0.315 e. The molecule has 1 N–H and O–H groups in total. The average Bonchev–Trinajstić information content (AvgIpc) is 2.37. The molecule has 0 bridgehead atoms. The lowest BCUT2D eigenvalue weighted by molar-refractivity contribution is 0.212. The summed E-state index contributed by atoms with van der Waals surface area (Å²) in [4.78, 5) is 5.08. The molecule has 0 heterocycles. The summed E-state index contributed by atoms with van der Waals surface area (Å²) in [6, 6.07) is 0.610. The Bertz CT molecular complexity index is 179. The van der Waals surface area contributed by atoms with Gasteiger partial charge in [-0.05, 0) is 52.1 Å². The van der Waals surface area contributed by atoms with Gasteiger partial charge < -0.3 is 15.1 Å². The molecule has 0 amide bonds. The number of likely N-dealkylation sites (N-methyl/N-ethyl adjacent to an activating group) is 2. The molecule has 110 valence electrons. The Kier molecular flexibility index (Phi) is 10.7. The molecular formula is C15H35N3. The van der Waals surface area contributed by atoms with E-state index in [1.165, 1.54) is 39.1 Å². The van der Waals surface area contributed by atoms with Gasteiger partial charge in [-0.1, -0.05) is 34.6 Å². The van der Waals surface area contributed by atoms with Gasteiger partial charge in [0.15, 0.2) is 0 Å². The van der Waals surface area contributed by atoms with E-state index in [1.54, 1.807) is 0 Å². The smallest absolute Gasteiger partial charge is 0.0214 e. The molecule has 0 aromatic rings. The average molecular weight is 257 g/mol. The summed E-state index contributed by atoms with van der Waals surface area (Å²) in [5.41, 5.74) is 0. The van der Waals surface area contributed by atoms with Crippen LogP contribution in [0.2, 0.25) is 0 Å². The van der Waals surface area contributed by atoms with Gasteiger partial charge in [0, 0.05) is 12.6 Å². The summed E-state index contributed by atoms with van der Waals surface area (Å²) in [6.07, 6.45) is 1.28. The van der Waals surface area contributed by atoms with E-state index in [9.17, 15) is 0 Å². The monoisotopic (exact) mass is 257 g/mol. The van der Waals surface area contributed by atoms with Crippen molar-refractivity contribution < 1.29 is 0 Å². The number of nitrogens with zero attached hydrogens (tertiary/aromatic N) is 2. The first-order chi connectivity index (χ1) is 8.58. The summed E-state index contributed by atoms with van der Waals surface area (Å²) < 4.78 is 0. The molecule has 3 nitrogen and oxygen atoms in total. The van der Waals surface area contributed by atoms with Gasteiger partial charge in [-0.3, -0.25) is 0 Å². The minimum absolute atomic E-state index is 0.610. The Morgan fingerprint density at radius 1 is 0.889 bits per heavy atom. The Labute approximate surface area is 115 Å². The van der Waals surface area contributed by atoms with Crippen LogP contribution in [0, 0.1) is 5.92 Å². The molecule has 0 rings (SSSR count). The maximum absolute atomic E-state index is 3.44. The number of hydrogen-bond donors (Lipinski definition) is 1. The van der Waals surface area contributed by atoms with Gasteiger partial charge in [0.25, 0.3) is 0 Å². The fourth-order valence-electron chi connectivity index (χ4n) is 2.35. The van der Waals surface area contributed by atoms with Crippen LogP contribution in [0.3, 0.4) is 0 Å². The largest absolute Gasteiger partial charge is 0.315 e. The first-order valence-electron chi connectivity index (χ1n) is 7.70. The quantitative estimate of drug-likeness (QED) is 0.613. The van der Waals surface area contributed by atoms with Crippen molar-refractivity contribution in [2.45, 2.75) is 47.1 Å². The molecule has 0 aliphatic rings. The van der Waals surface area contributed by atoms with Crippen molar-refractivity contribution in [1.82, 2.24) is 15.1 Å². The lowest BCUT2D eigenvalue weighted by Crippen LogP contribution is -2.43. The third-order valence-electron chi connectivity index (χ3n) is 3.92. The number of nitrogens with one attached hydrogen (secondary N) is 1. The maximum atomic E-state index is 3.44. The zero-order valence-electron chi connectivity index (χ0n) is 13.5. The van der Waals surface area contributed by atoms with Gasteiger partial charge in [-0.2, -0.15) is 0 Å². The van der Waals surface area contributed by atoms with Crippen molar-refractivity contribution >= 4 is 0 Å². The van der Waals surface area contributed by atoms with Crippen LogP contribution in [0.4, 0.5) is 0 Å². The predicted molar refractivity (Wildman–Crippen MR) is 82.2 cm³/mol. The second-order valence-corrected chi connectivity index (χ2v) is 5.41. The summed E-state index contributed by atoms with van der Waals surface area (Å²) in [5.74, 6) is 0.701. The third kappa shape index (κ3) is 7.34. The Balaban J connectivity index is 3.96. The molecule has 0 aliphatic heterocycles. The molecule has 0 aromatic carbocycles. The minimum atomic E-state index is 0.610. The lowest BCUT2D eigenvalue weighted by atomic mass is 10.0. The Morgan fingerprint density at radius 2 is 1.39 bits per heavy atom. The van der Waals surface area contributed by atoms with Crippen molar-refractivity contribution in [2.24, 2.45) is 5.92 Å². The van der Waals surface area contributed by atoms with Crippen LogP contribution in [0.25, 0.3) is 0 Å². The van der Waals surface area contributed by atoms with E-state index >= 15 is 0 Å². The van der Waals surface area contributed by atoms with Crippen LogP contribution < -0.4 is 5.32 Å². The summed E-state index contributed by atoms with van der Waals surface area (Å²) in [6.45, 7) is 18.5. The van der Waals surface area contributed by atoms with Crippen molar-refractivity contribution in [3.63, 3.8) is 0 Å². The second kappa shape index (κ2) is 10.8. The summed E-state index contributed by atoms with van der Waals surface area (Å²) >= 11 is 0. The van der Waals surface area contributed by atoms with Crippen LogP contribution in [0.5, 0.6) is 0 Å².